The molecular weight excluding hydrogens is 216 g/mol. The van der Waals surface area contributed by atoms with Crippen molar-refractivity contribution >= 4 is 6.03 Å². The largest absolute Gasteiger partial charge is 0.396 e. The Hall–Kier alpha value is -0.770. The molecule has 0 bridgehead atoms. The molecule has 1 saturated carbocycles. The maximum absolute atomic E-state index is 11.8. The highest BCUT2D eigenvalue weighted by Crippen LogP contribution is 2.26. The highest BCUT2D eigenvalue weighted by atomic mass is 16.3. The van der Waals surface area contributed by atoms with Crippen molar-refractivity contribution in [3.05, 3.63) is 0 Å². The average molecular weight is 242 g/mol. The summed E-state index contributed by atoms with van der Waals surface area (Å²) in [7, 11) is 0. The SMILES string of the molecule is CCN(C(=O)NCCCC(C)(C)CO)C1CC1. The van der Waals surface area contributed by atoms with E-state index in [1.165, 1.54) is 0 Å². The van der Waals surface area contributed by atoms with Gasteiger partial charge in [-0.2, -0.15) is 0 Å². The fourth-order valence-corrected chi connectivity index (χ4v) is 1.90. The molecule has 0 atom stereocenters. The molecule has 100 valence electrons. The van der Waals surface area contributed by atoms with E-state index in [-0.39, 0.29) is 18.1 Å². The van der Waals surface area contributed by atoms with Gasteiger partial charge in [0.1, 0.15) is 0 Å². The summed E-state index contributed by atoms with van der Waals surface area (Å²) < 4.78 is 0. The Kier molecular flexibility index (Phi) is 5.25. The van der Waals surface area contributed by atoms with Crippen LogP contribution in [0, 0.1) is 5.41 Å². The lowest BCUT2D eigenvalue weighted by Gasteiger charge is -2.23. The zero-order valence-electron chi connectivity index (χ0n) is 11.3. The van der Waals surface area contributed by atoms with Crippen LogP contribution in [0.4, 0.5) is 4.79 Å². The van der Waals surface area contributed by atoms with Gasteiger partial charge in [-0.05, 0) is 38.0 Å². The molecule has 0 spiro atoms. The number of aliphatic hydroxyl groups is 1. The monoisotopic (exact) mass is 242 g/mol. The predicted molar refractivity (Wildman–Crippen MR) is 68.9 cm³/mol. The Morgan fingerprint density at radius 2 is 2.12 bits per heavy atom. The van der Waals surface area contributed by atoms with Crippen LogP contribution in [0.5, 0.6) is 0 Å². The van der Waals surface area contributed by atoms with E-state index in [4.69, 9.17) is 5.11 Å². The minimum absolute atomic E-state index is 0.0360. The lowest BCUT2D eigenvalue weighted by Crippen LogP contribution is -2.41. The lowest BCUT2D eigenvalue weighted by atomic mass is 9.89. The van der Waals surface area contributed by atoms with E-state index >= 15 is 0 Å². The van der Waals surface area contributed by atoms with Crippen molar-refractivity contribution in [3.8, 4) is 0 Å². The van der Waals surface area contributed by atoms with Crippen LogP contribution in [0.2, 0.25) is 0 Å². The van der Waals surface area contributed by atoms with Crippen molar-refractivity contribution in [2.24, 2.45) is 5.41 Å². The van der Waals surface area contributed by atoms with Crippen molar-refractivity contribution in [3.63, 3.8) is 0 Å². The summed E-state index contributed by atoms with van der Waals surface area (Å²) >= 11 is 0. The van der Waals surface area contributed by atoms with Crippen LogP contribution in [-0.2, 0) is 0 Å². The second-order valence-corrected chi connectivity index (χ2v) is 5.67. The van der Waals surface area contributed by atoms with E-state index in [0.717, 1.165) is 32.2 Å². The van der Waals surface area contributed by atoms with Crippen molar-refractivity contribution < 1.29 is 9.90 Å². The molecule has 0 aromatic rings. The second-order valence-electron chi connectivity index (χ2n) is 5.67. The summed E-state index contributed by atoms with van der Waals surface area (Å²) in [6.07, 6.45) is 4.15. The number of nitrogens with one attached hydrogen (secondary N) is 1. The number of carbonyl (C=O) groups is 1. The molecule has 0 unspecified atom stereocenters. The number of hydrogen-bond donors (Lipinski definition) is 2. The molecule has 0 radical (unpaired) electrons. The predicted octanol–water partition coefficient (Wildman–Crippen LogP) is 1.98. The second kappa shape index (κ2) is 6.24. The van der Waals surface area contributed by atoms with Gasteiger partial charge in [0.05, 0.1) is 0 Å². The Morgan fingerprint density at radius 1 is 1.47 bits per heavy atom. The van der Waals surface area contributed by atoms with Gasteiger partial charge in [-0.1, -0.05) is 13.8 Å². The first-order valence-corrected chi connectivity index (χ1v) is 6.65. The fourth-order valence-electron chi connectivity index (χ4n) is 1.90. The Bertz CT molecular complexity index is 250. The molecule has 1 rings (SSSR count). The molecule has 17 heavy (non-hydrogen) atoms. The first-order chi connectivity index (χ1) is 8.00. The van der Waals surface area contributed by atoms with Crippen LogP contribution in [0.25, 0.3) is 0 Å². The third-order valence-corrected chi connectivity index (χ3v) is 3.32. The number of rotatable bonds is 7. The summed E-state index contributed by atoms with van der Waals surface area (Å²) in [4.78, 5) is 13.7. The maximum atomic E-state index is 11.8. The Morgan fingerprint density at radius 3 is 2.59 bits per heavy atom. The van der Waals surface area contributed by atoms with E-state index in [0.29, 0.717) is 12.6 Å². The van der Waals surface area contributed by atoms with Crippen LogP contribution in [0.1, 0.15) is 46.5 Å². The van der Waals surface area contributed by atoms with Gasteiger partial charge in [0.25, 0.3) is 0 Å². The van der Waals surface area contributed by atoms with Gasteiger partial charge in [-0.25, -0.2) is 4.79 Å². The van der Waals surface area contributed by atoms with Crippen LogP contribution in [-0.4, -0.2) is 41.8 Å². The normalized spacial score (nSPS) is 15.8. The third-order valence-electron chi connectivity index (χ3n) is 3.32. The van der Waals surface area contributed by atoms with Gasteiger partial charge < -0.3 is 15.3 Å². The summed E-state index contributed by atoms with van der Waals surface area (Å²) in [5.74, 6) is 0. The first kappa shape index (κ1) is 14.3. The van der Waals surface area contributed by atoms with E-state index in [1.54, 1.807) is 0 Å². The molecule has 1 aliphatic rings. The van der Waals surface area contributed by atoms with E-state index < -0.39 is 0 Å². The Labute approximate surface area is 104 Å². The number of aliphatic hydroxyl groups excluding tert-OH is 1. The van der Waals surface area contributed by atoms with Crippen molar-refractivity contribution in [1.82, 2.24) is 10.2 Å². The molecule has 2 N–H and O–H groups in total. The minimum Gasteiger partial charge on any atom is -0.396 e. The van der Waals surface area contributed by atoms with Gasteiger partial charge in [-0.3, -0.25) is 0 Å². The molecular formula is C13H26N2O2. The number of nitrogens with zero attached hydrogens (tertiary/aromatic N) is 1. The molecule has 4 heteroatoms. The molecule has 0 saturated heterocycles. The van der Waals surface area contributed by atoms with Gasteiger partial charge >= 0.3 is 6.03 Å². The molecule has 2 amide bonds. The van der Waals surface area contributed by atoms with Crippen molar-refractivity contribution in [1.29, 1.82) is 0 Å². The van der Waals surface area contributed by atoms with E-state index in [2.05, 4.69) is 5.32 Å². The molecule has 0 aromatic heterocycles. The first-order valence-electron chi connectivity index (χ1n) is 6.65. The Balaban J connectivity index is 2.15. The zero-order valence-corrected chi connectivity index (χ0v) is 11.3. The van der Waals surface area contributed by atoms with Crippen LogP contribution >= 0.6 is 0 Å². The van der Waals surface area contributed by atoms with E-state index in [9.17, 15) is 4.79 Å². The van der Waals surface area contributed by atoms with Gasteiger partial charge in [0.2, 0.25) is 0 Å². The quantitative estimate of drug-likeness (QED) is 0.671. The summed E-state index contributed by atoms with van der Waals surface area (Å²) in [5, 5.41) is 12.1. The van der Waals surface area contributed by atoms with Crippen LogP contribution in [0.3, 0.4) is 0 Å². The molecule has 0 aliphatic heterocycles. The molecule has 1 fully saturated rings. The topological polar surface area (TPSA) is 52.6 Å². The lowest BCUT2D eigenvalue weighted by molar-refractivity contribution is 0.147. The van der Waals surface area contributed by atoms with Gasteiger partial charge in [0, 0.05) is 25.7 Å². The van der Waals surface area contributed by atoms with Crippen molar-refractivity contribution in [2.75, 3.05) is 19.7 Å². The summed E-state index contributed by atoms with van der Waals surface area (Å²) in [6, 6.07) is 0.547. The van der Waals surface area contributed by atoms with Crippen molar-refractivity contribution in [2.45, 2.75) is 52.5 Å². The fraction of sp³-hybridized carbons (Fsp3) is 0.923. The maximum Gasteiger partial charge on any atom is 0.317 e. The number of hydrogen-bond acceptors (Lipinski definition) is 2. The standard InChI is InChI=1S/C13H26N2O2/c1-4-15(11-6-7-11)12(17)14-9-5-8-13(2,3)10-16/h11,16H,4-10H2,1-3H3,(H,14,17). The number of amides is 2. The molecule has 0 aromatic carbocycles. The smallest absolute Gasteiger partial charge is 0.317 e. The third kappa shape index (κ3) is 4.94. The molecule has 1 aliphatic carbocycles. The average Bonchev–Trinajstić information content (AvgIpc) is 3.10. The number of urea groups is 1. The minimum atomic E-state index is -0.0360. The summed E-state index contributed by atoms with van der Waals surface area (Å²) in [5.41, 5.74) is -0.0360. The highest BCUT2D eigenvalue weighted by Gasteiger charge is 2.31. The molecule has 4 nitrogen and oxygen atoms in total. The highest BCUT2D eigenvalue weighted by molar-refractivity contribution is 5.74. The van der Waals surface area contributed by atoms with Crippen LogP contribution in [0.15, 0.2) is 0 Å². The molecule has 0 heterocycles. The van der Waals surface area contributed by atoms with Gasteiger partial charge in [0.15, 0.2) is 0 Å². The van der Waals surface area contributed by atoms with Crippen LogP contribution < -0.4 is 5.32 Å². The summed E-state index contributed by atoms with van der Waals surface area (Å²) in [6.45, 7) is 7.79. The van der Waals surface area contributed by atoms with E-state index in [1.807, 2.05) is 25.7 Å². The number of carbonyl (C=O) groups excluding carboxylic acids is 1. The zero-order chi connectivity index (χ0) is 12.9. The van der Waals surface area contributed by atoms with Gasteiger partial charge in [-0.15, -0.1) is 0 Å².